The van der Waals surface area contributed by atoms with E-state index in [4.69, 9.17) is 0 Å². The number of carbonyl (C=O) groups is 1. The average molecular weight is 263 g/mol. The SMILES string of the molecule is CCCCCCC(C)C(C)C(=O)CBr. The Hall–Kier alpha value is 0.150. The van der Waals surface area contributed by atoms with Crippen LogP contribution in [0.1, 0.15) is 52.9 Å². The summed E-state index contributed by atoms with van der Waals surface area (Å²) < 4.78 is 0. The summed E-state index contributed by atoms with van der Waals surface area (Å²) in [4.78, 5) is 11.4. The van der Waals surface area contributed by atoms with Crippen molar-refractivity contribution in [2.45, 2.75) is 52.9 Å². The Balaban J connectivity index is 3.61. The van der Waals surface area contributed by atoms with Crippen molar-refractivity contribution >= 4 is 21.7 Å². The molecule has 0 aliphatic rings. The molecule has 0 radical (unpaired) electrons. The fourth-order valence-electron chi connectivity index (χ4n) is 1.58. The average Bonchev–Trinajstić information content (AvgIpc) is 2.21. The van der Waals surface area contributed by atoms with Crippen molar-refractivity contribution in [3.8, 4) is 0 Å². The van der Waals surface area contributed by atoms with Crippen LogP contribution in [0.4, 0.5) is 0 Å². The third kappa shape index (κ3) is 5.79. The summed E-state index contributed by atoms with van der Waals surface area (Å²) in [5.41, 5.74) is 0. The lowest BCUT2D eigenvalue weighted by Crippen LogP contribution is -2.19. The van der Waals surface area contributed by atoms with Gasteiger partial charge in [-0.15, -0.1) is 0 Å². The van der Waals surface area contributed by atoms with Crippen LogP contribution >= 0.6 is 15.9 Å². The fourth-order valence-corrected chi connectivity index (χ4v) is 2.09. The highest BCUT2D eigenvalue weighted by atomic mass is 79.9. The summed E-state index contributed by atoms with van der Waals surface area (Å²) in [7, 11) is 0. The van der Waals surface area contributed by atoms with Gasteiger partial charge in [0.1, 0.15) is 5.78 Å². The Labute approximate surface area is 96.8 Å². The van der Waals surface area contributed by atoms with Crippen molar-refractivity contribution in [1.82, 2.24) is 0 Å². The maximum atomic E-state index is 11.4. The second kappa shape index (κ2) is 8.46. The zero-order chi connectivity index (χ0) is 11.0. The van der Waals surface area contributed by atoms with Crippen LogP contribution in [0.3, 0.4) is 0 Å². The molecular formula is C12H23BrO. The van der Waals surface area contributed by atoms with E-state index in [1.807, 2.05) is 6.92 Å². The van der Waals surface area contributed by atoms with Gasteiger partial charge < -0.3 is 0 Å². The van der Waals surface area contributed by atoms with Gasteiger partial charge in [-0.25, -0.2) is 0 Å². The molecule has 1 nitrogen and oxygen atoms in total. The molecule has 0 heterocycles. The first-order chi connectivity index (χ1) is 6.63. The van der Waals surface area contributed by atoms with E-state index >= 15 is 0 Å². The van der Waals surface area contributed by atoms with Gasteiger partial charge in [0.2, 0.25) is 0 Å². The smallest absolute Gasteiger partial charge is 0.146 e. The van der Waals surface area contributed by atoms with Gasteiger partial charge in [-0.3, -0.25) is 4.79 Å². The van der Waals surface area contributed by atoms with E-state index in [9.17, 15) is 4.79 Å². The van der Waals surface area contributed by atoms with E-state index in [0.717, 1.165) is 0 Å². The standard InChI is InChI=1S/C12H23BrO/c1-4-5-6-7-8-10(2)11(3)12(14)9-13/h10-11H,4-9H2,1-3H3. The summed E-state index contributed by atoms with van der Waals surface area (Å²) >= 11 is 3.23. The number of Topliss-reactive ketones (excluding diaryl/α,β-unsaturated/α-hetero) is 1. The number of halogens is 1. The van der Waals surface area contributed by atoms with Crippen LogP contribution in [0.2, 0.25) is 0 Å². The van der Waals surface area contributed by atoms with E-state index in [2.05, 4.69) is 29.8 Å². The Bertz CT molecular complexity index is 156. The van der Waals surface area contributed by atoms with E-state index in [1.165, 1.54) is 32.1 Å². The molecule has 0 aromatic carbocycles. The highest BCUT2D eigenvalue weighted by Crippen LogP contribution is 2.20. The summed E-state index contributed by atoms with van der Waals surface area (Å²) in [6, 6.07) is 0. The van der Waals surface area contributed by atoms with Crippen molar-refractivity contribution in [2.75, 3.05) is 5.33 Å². The highest BCUT2D eigenvalue weighted by molar-refractivity contribution is 9.09. The Morgan fingerprint density at radius 3 is 2.36 bits per heavy atom. The lowest BCUT2D eigenvalue weighted by atomic mass is 9.88. The number of rotatable bonds is 8. The van der Waals surface area contributed by atoms with Gasteiger partial charge in [0.05, 0.1) is 5.33 Å². The number of ketones is 1. The fraction of sp³-hybridized carbons (Fsp3) is 0.917. The van der Waals surface area contributed by atoms with Crippen LogP contribution in [-0.4, -0.2) is 11.1 Å². The first-order valence-electron chi connectivity index (χ1n) is 5.72. The molecule has 2 unspecified atom stereocenters. The molecular weight excluding hydrogens is 240 g/mol. The summed E-state index contributed by atoms with van der Waals surface area (Å²) in [6.45, 7) is 6.46. The zero-order valence-corrected chi connectivity index (χ0v) is 11.3. The van der Waals surface area contributed by atoms with Crippen LogP contribution in [-0.2, 0) is 4.79 Å². The first-order valence-corrected chi connectivity index (χ1v) is 6.84. The van der Waals surface area contributed by atoms with Gasteiger partial charge in [0.15, 0.2) is 0 Å². The molecule has 0 aromatic heterocycles. The largest absolute Gasteiger partial charge is 0.298 e. The molecule has 0 aliphatic carbocycles. The molecule has 0 saturated carbocycles. The minimum Gasteiger partial charge on any atom is -0.298 e. The van der Waals surface area contributed by atoms with Crippen LogP contribution in [0.5, 0.6) is 0 Å². The molecule has 0 aliphatic heterocycles. The quantitative estimate of drug-likeness (QED) is 0.474. The topological polar surface area (TPSA) is 17.1 Å². The lowest BCUT2D eigenvalue weighted by Gasteiger charge is -2.17. The molecule has 14 heavy (non-hydrogen) atoms. The van der Waals surface area contributed by atoms with Gasteiger partial charge >= 0.3 is 0 Å². The first kappa shape index (κ1) is 14.2. The maximum Gasteiger partial charge on any atom is 0.146 e. The van der Waals surface area contributed by atoms with Crippen LogP contribution in [0, 0.1) is 11.8 Å². The third-order valence-electron chi connectivity index (χ3n) is 3.01. The van der Waals surface area contributed by atoms with E-state index < -0.39 is 0 Å². The van der Waals surface area contributed by atoms with Crippen molar-refractivity contribution < 1.29 is 4.79 Å². The second-order valence-corrected chi connectivity index (χ2v) is 4.78. The molecule has 0 N–H and O–H groups in total. The second-order valence-electron chi connectivity index (χ2n) is 4.22. The lowest BCUT2D eigenvalue weighted by molar-refractivity contribution is -0.121. The molecule has 0 spiro atoms. The Morgan fingerprint density at radius 2 is 1.86 bits per heavy atom. The minimum atomic E-state index is 0.219. The number of unbranched alkanes of at least 4 members (excludes halogenated alkanes) is 3. The summed E-state index contributed by atoms with van der Waals surface area (Å²) in [5.74, 6) is 1.10. The Morgan fingerprint density at radius 1 is 1.21 bits per heavy atom. The molecule has 0 rings (SSSR count). The molecule has 0 aromatic rings. The van der Waals surface area contributed by atoms with Crippen molar-refractivity contribution in [2.24, 2.45) is 11.8 Å². The van der Waals surface area contributed by atoms with Crippen LogP contribution in [0.25, 0.3) is 0 Å². The van der Waals surface area contributed by atoms with Crippen molar-refractivity contribution in [1.29, 1.82) is 0 Å². The third-order valence-corrected chi connectivity index (χ3v) is 3.56. The monoisotopic (exact) mass is 262 g/mol. The molecule has 0 saturated heterocycles. The molecule has 84 valence electrons. The van der Waals surface area contributed by atoms with Crippen LogP contribution in [0.15, 0.2) is 0 Å². The maximum absolute atomic E-state index is 11.4. The number of alkyl halides is 1. The number of carbonyl (C=O) groups excluding carboxylic acids is 1. The van der Waals surface area contributed by atoms with E-state index in [0.29, 0.717) is 17.0 Å². The highest BCUT2D eigenvalue weighted by Gasteiger charge is 2.18. The molecule has 0 bridgehead atoms. The summed E-state index contributed by atoms with van der Waals surface area (Å²) in [6.07, 6.45) is 6.39. The van der Waals surface area contributed by atoms with Gasteiger partial charge in [-0.1, -0.05) is 68.8 Å². The van der Waals surface area contributed by atoms with Crippen LogP contribution < -0.4 is 0 Å². The van der Waals surface area contributed by atoms with Gasteiger partial charge in [-0.2, -0.15) is 0 Å². The van der Waals surface area contributed by atoms with Crippen molar-refractivity contribution in [3.63, 3.8) is 0 Å². The predicted molar refractivity (Wildman–Crippen MR) is 65.9 cm³/mol. The molecule has 0 amide bonds. The van der Waals surface area contributed by atoms with Gasteiger partial charge in [0, 0.05) is 5.92 Å². The van der Waals surface area contributed by atoms with E-state index in [-0.39, 0.29) is 5.92 Å². The predicted octanol–water partition coefficient (Wildman–Crippen LogP) is 4.19. The summed E-state index contributed by atoms with van der Waals surface area (Å²) in [5, 5.41) is 0.507. The van der Waals surface area contributed by atoms with Gasteiger partial charge in [-0.05, 0) is 5.92 Å². The van der Waals surface area contributed by atoms with Crippen molar-refractivity contribution in [3.05, 3.63) is 0 Å². The van der Waals surface area contributed by atoms with E-state index in [1.54, 1.807) is 0 Å². The molecule has 0 fully saturated rings. The zero-order valence-electron chi connectivity index (χ0n) is 9.68. The minimum absolute atomic E-state index is 0.219. The number of hydrogen-bond acceptors (Lipinski definition) is 1. The molecule has 2 atom stereocenters. The number of hydrogen-bond donors (Lipinski definition) is 0. The Kier molecular flexibility index (Phi) is 8.55. The van der Waals surface area contributed by atoms with Gasteiger partial charge in [0.25, 0.3) is 0 Å². The molecule has 2 heteroatoms. The normalized spacial score (nSPS) is 15.1.